The van der Waals surface area contributed by atoms with Crippen LogP contribution in [-0.2, 0) is 8.85 Å². The number of nitrogens with zero attached hydrogens (tertiary/aromatic N) is 1. The fourth-order valence-corrected chi connectivity index (χ4v) is 8.61. The average Bonchev–Trinajstić information content (AvgIpc) is 2.90. The highest BCUT2D eigenvalue weighted by atomic mass is 28.4. The van der Waals surface area contributed by atoms with E-state index in [0.29, 0.717) is 5.92 Å². The van der Waals surface area contributed by atoms with Crippen LogP contribution in [0.2, 0.25) is 5.04 Å². The topological polar surface area (TPSA) is 21.7 Å². The summed E-state index contributed by atoms with van der Waals surface area (Å²) < 4.78 is 14.8. The van der Waals surface area contributed by atoms with Crippen molar-refractivity contribution in [3.63, 3.8) is 0 Å². The van der Waals surface area contributed by atoms with Crippen LogP contribution in [0.3, 0.4) is 0 Å². The Morgan fingerprint density at radius 3 is 1.78 bits per heavy atom. The van der Waals surface area contributed by atoms with Crippen LogP contribution >= 0.6 is 0 Å². The van der Waals surface area contributed by atoms with Crippen molar-refractivity contribution in [1.29, 1.82) is 0 Å². The minimum atomic E-state index is -2.32. The molecule has 0 atom stereocenters. The molecule has 1 rings (SSSR count). The highest BCUT2D eigenvalue weighted by Gasteiger charge is 2.61. The predicted octanol–water partition coefficient (Wildman–Crippen LogP) is 3.53. The summed E-state index contributed by atoms with van der Waals surface area (Å²) in [4.78, 5) is 0. The van der Waals surface area contributed by atoms with Crippen molar-refractivity contribution < 1.29 is 8.85 Å². The molecule has 1 fully saturated rings. The summed E-state index contributed by atoms with van der Waals surface area (Å²) in [6.07, 6.45) is 4.82. The molecule has 18 heavy (non-hydrogen) atoms. The van der Waals surface area contributed by atoms with Gasteiger partial charge in [-0.25, -0.2) is 0 Å². The molecule has 0 N–H and O–H groups in total. The summed E-state index contributed by atoms with van der Waals surface area (Å²) in [6.45, 7) is 11.5. The summed E-state index contributed by atoms with van der Waals surface area (Å²) in [7, 11) is 1.40. The first-order chi connectivity index (χ1) is 8.54. The van der Waals surface area contributed by atoms with Crippen molar-refractivity contribution in [2.75, 3.05) is 27.3 Å². The molecular formula is C14H31NO2Si. The predicted molar refractivity (Wildman–Crippen MR) is 78.7 cm³/mol. The van der Waals surface area contributed by atoms with E-state index in [9.17, 15) is 0 Å². The molecule has 1 heterocycles. The van der Waals surface area contributed by atoms with Gasteiger partial charge >= 0.3 is 8.72 Å². The third-order valence-electron chi connectivity index (χ3n) is 5.07. The zero-order chi connectivity index (χ0) is 13.8. The van der Waals surface area contributed by atoms with Crippen LogP contribution < -0.4 is 0 Å². The van der Waals surface area contributed by atoms with Gasteiger partial charge < -0.3 is 8.85 Å². The third kappa shape index (κ3) is 2.28. The maximum atomic E-state index is 6.12. The van der Waals surface area contributed by atoms with E-state index in [4.69, 9.17) is 8.85 Å². The van der Waals surface area contributed by atoms with Crippen molar-refractivity contribution in [1.82, 2.24) is 4.57 Å². The monoisotopic (exact) mass is 273 g/mol. The van der Waals surface area contributed by atoms with E-state index in [2.05, 4.69) is 32.3 Å². The van der Waals surface area contributed by atoms with E-state index in [-0.39, 0.29) is 5.04 Å². The SMILES string of the molecule is CCC(CC)(C(C)C)[Si](OC)(OC)N1CCCC1. The molecule has 1 aliphatic heterocycles. The van der Waals surface area contributed by atoms with Gasteiger partial charge in [0.2, 0.25) is 0 Å². The summed E-state index contributed by atoms with van der Waals surface area (Å²) in [5.74, 6) is 0.583. The smallest absolute Gasteiger partial charge is 0.386 e. The molecule has 0 bridgehead atoms. The van der Waals surface area contributed by atoms with Gasteiger partial charge in [-0.15, -0.1) is 0 Å². The normalized spacial score (nSPS) is 18.8. The lowest BCUT2D eigenvalue weighted by Gasteiger charge is -2.51. The van der Waals surface area contributed by atoms with E-state index >= 15 is 0 Å². The molecule has 0 amide bonds. The second kappa shape index (κ2) is 6.50. The first kappa shape index (κ1) is 16.2. The Balaban J connectivity index is 3.21. The second-order valence-electron chi connectivity index (χ2n) is 5.70. The Labute approximate surface area is 114 Å². The Bertz CT molecular complexity index is 244. The summed E-state index contributed by atoms with van der Waals surface area (Å²) in [6, 6.07) is 0. The largest absolute Gasteiger partial charge is 0.433 e. The number of hydrogen-bond acceptors (Lipinski definition) is 3. The minimum absolute atomic E-state index is 0.181. The van der Waals surface area contributed by atoms with Gasteiger partial charge in [0.05, 0.1) is 0 Å². The van der Waals surface area contributed by atoms with Crippen LogP contribution in [0.1, 0.15) is 53.4 Å². The van der Waals surface area contributed by atoms with Gasteiger partial charge in [-0.2, -0.15) is 0 Å². The van der Waals surface area contributed by atoms with Crippen molar-refractivity contribution in [3.05, 3.63) is 0 Å². The van der Waals surface area contributed by atoms with Gasteiger partial charge in [-0.3, -0.25) is 4.57 Å². The lowest BCUT2D eigenvalue weighted by molar-refractivity contribution is 0.114. The molecule has 0 aromatic heterocycles. The number of rotatable bonds is 7. The van der Waals surface area contributed by atoms with Crippen molar-refractivity contribution in [3.8, 4) is 0 Å². The maximum Gasteiger partial charge on any atom is 0.433 e. The Kier molecular flexibility index (Phi) is 5.84. The minimum Gasteiger partial charge on any atom is -0.386 e. The van der Waals surface area contributed by atoms with E-state index in [1.165, 1.54) is 12.8 Å². The van der Waals surface area contributed by atoms with Gasteiger partial charge in [0.25, 0.3) is 0 Å². The van der Waals surface area contributed by atoms with Crippen molar-refractivity contribution in [2.45, 2.75) is 58.4 Å². The Morgan fingerprint density at radius 1 is 1.06 bits per heavy atom. The molecule has 0 radical (unpaired) electrons. The lowest BCUT2D eigenvalue weighted by Crippen LogP contribution is -2.65. The van der Waals surface area contributed by atoms with Crippen molar-refractivity contribution in [2.24, 2.45) is 5.92 Å². The summed E-state index contributed by atoms with van der Waals surface area (Å²) in [5, 5.41) is 0.181. The molecule has 0 unspecified atom stereocenters. The molecule has 0 spiro atoms. The zero-order valence-electron chi connectivity index (χ0n) is 13.1. The van der Waals surface area contributed by atoms with Crippen LogP contribution in [0.4, 0.5) is 0 Å². The van der Waals surface area contributed by atoms with Crippen LogP contribution in [-0.4, -0.2) is 40.6 Å². The van der Waals surface area contributed by atoms with Gasteiger partial charge in [-0.05, 0) is 44.7 Å². The van der Waals surface area contributed by atoms with Crippen LogP contribution in [0.5, 0.6) is 0 Å². The van der Waals surface area contributed by atoms with Crippen LogP contribution in [0.15, 0.2) is 0 Å². The molecule has 1 saturated heterocycles. The van der Waals surface area contributed by atoms with Crippen LogP contribution in [0, 0.1) is 5.92 Å². The average molecular weight is 273 g/mol. The van der Waals surface area contributed by atoms with E-state index < -0.39 is 8.72 Å². The van der Waals surface area contributed by atoms with E-state index in [1.54, 1.807) is 0 Å². The summed E-state index contributed by atoms with van der Waals surface area (Å²) >= 11 is 0. The fraction of sp³-hybridized carbons (Fsp3) is 1.00. The quantitative estimate of drug-likeness (QED) is 0.662. The van der Waals surface area contributed by atoms with Gasteiger partial charge in [0, 0.05) is 19.3 Å². The molecule has 0 aromatic carbocycles. The molecule has 3 nitrogen and oxygen atoms in total. The van der Waals surface area contributed by atoms with E-state index in [0.717, 1.165) is 25.9 Å². The molecule has 108 valence electrons. The third-order valence-corrected chi connectivity index (χ3v) is 10.0. The Morgan fingerprint density at radius 2 is 1.50 bits per heavy atom. The summed E-state index contributed by atoms with van der Waals surface area (Å²) in [5.41, 5.74) is 0. The maximum absolute atomic E-state index is 6.12. The molecule has 0 aromatic rings. The molecule has 0 saturated carbocycles. The lowest BCUT2D eigenvalue weighted by atomic mass is 9.89. The fourth-order valence-electron chi connectivity index (χ4n) is 3.95. The van der Waals surface area contributed by atoms with E-state index in [1.807, 2.05) is 14.2 Å². The van der Waals surface area contributed by atoms with Gasteiger partial charge in [0.15, 0.2) is 0 Å². The standard InChI is InChI=1S/C14H31NO2Si/c1-7-14(8-2,13(3)4)18(16-5,17-6)15-11-9-10-12-15/h13H,7-12H2,1-6H3. The molecule has 4 heteroatoms. The van der Waals surface area contributed by atoms with Crippen LogP contribution in [0.25, 0.3) is 0 Å². The molecular weight excluding hydrogens is 242 g/mol. The molecule has 1 aliphatic rings. The van der Waals surface area contributed by atoms with Gasteiger partial charge in [0.1, 0.15) is 0 Å². The zero-order valence-corrected chi connectivity index (χ0v) is 14.1. The van der Waals surface area contributed by atoms with Gasteiger partial charge in [-0.1, -0.05) is 27.7 Å². The first-order valence-electron chi connectivity index (χ1n) is 7.40. The second-order valence-corrected chi connectivity index (χ2v) is 9.31. The Hall–Kier alpha value is 0.0969. The highest BCUT2D eigenvalue weighted by Crippen LogP contribution is 2.53. The number of hydrogen-bond donors (Lipinski definition) is 0. The van der Waals surface area contributed by atoms with Crippen molar-refractivity contribution >= 4 is 8.72 Å². The molecule has 0 aliphatic carbocycles. The first-order valence-corrected chi connectivity index (χ1v) is 9.16. The highest BCUT2D eigenvalue weighted by molar-refractivity contribution is 6.68.